The van der Waals surface area contributed by atoms with Gasteiger partial charge in [0.1, 0.15) is 5.76 Å². The summed E-state index contributed by atoms with van der Waals surface area (Å²) in [5.41, 5.74) is 1.82. The standard InChI is InChI=1S/C22H32N6O3/c1-12(2)23-22(30)28(4)19-10-17(19)14-5-6-15(8-14)18-11-20(26-25-18)24-21(29)9-16-7-13(3)27-31-16/h7,11-12,14-15,17,19H,5-6,8-10H2,1-4H3,(H,23,30)(H2,24,25,26,29)/t14?,15-,17?,19?/m1/s1. The van der Waals surface area contributed by atoms with Crippen LogP contribution in [0.25, 0.3) is 0 Å². The van der Waals surface area contributed by atoms with Crippen molar-refractivity contribution in [2.75, 3.05) is 12.4 Å². The molecule has 3 N–H and O–H groups in total. The lowest BCUT2D eigenvalue weighted by atomic mass is 9.98. The van der Waals surface area contributed by atoms with E-state index in [-0.39, 0.29) is 24.4 Å². The van der Waals surface area contributed by atoms with Crippen LogP contribution in [-0.2, 0) is 11.2 Å². The van der Waals surface area contributed by atoms with Crippen molar-refractivity contribution < 1.29 is 14.1 Å². The van der Waals surface area contributed by atoms with E-state index in [0.29, 0.717) is 35.4 Å². The van der Waals surface area contributed by atoms with Crippen molar-refractivity contribution in [1.29, 1.82) is 0 Å². The smallest absolute Gasteiger partial charge is 0.317 e. The van der Waals surface area contributed by atoms with Gasteiger partial charge in [0.05, 0.1) is 12.1 Å². The second-order valence-electron chi connectivity index (χ2n) is 9.32. The van der Waals surface area contributed by atoms with Crippen LogP contribution in [0.3, 0.4) is 0 Å². The number of rotatable bonds is 7. The minimum atomic E-state index is -0.179. The van der Waals surface area contributed by atoms with Gasteiger partial charge in [-0.3, -0.25) is 9.89 Å². The number of carbonyl (C=O) groups excluding carboxylic acids is 2. The Morgan fingerprint density at radius 3 is 2.81 bits per heavy atom. The van der Waals surface area contributed by atoms with Crippen molar-refractivity contribution in [1.82, 2.24) is 25.6 Å². The molecule has 3 unspecified atom stereocenters. The lowest BCUT2D eigenvalue weighted by molar-refractivity contribution is -0.115. The molecule has 2 fully saturated rings. The third kappa shape index (κ3) is 5.08. The number of amides is 3. The highest BCUT2D eigenvalue weighted by atomic mass is 16.5. The lowest BCUT2D eigenvalue weighted by Crippen LogP contribution is -2.42. The fourth-order valence-electron chi connectivity index (χ4n) is 4.79. The Hall–Kier alpha value is -2.84. The summed E-state index contributed by atoms with van der Waals surface area (Å²) in [5, 5.41) is 17.0. The van der Waals surface area contributed by atoms with Crippen molar-refractivity contribution in [2.24, 2.45) is 11.8 Å². The molecule has 3 amide bonds. The summed E-state index contributed by atoms with van der Waals surface area (Å²) in [6.45, 7) is 5.78. The van der Waals surface area contributed by atoms with Crippen LogP contribution >= 0.6 is 0 Å². The first-order valence-corrected chi connectivity index (χ1v) is 11.1. The van der Waals surface area contributed by atoms with E-state index in [0.717, 1.165) is 37.1 Å². The molecule has 2 aromatic rings. The van der Waals surface area contributed by atoms with Crippen LogP contribution < -0.4 is 10.6 Å². The molecule has 31 heavy (non-hydrogen) atoms. The van der Waals surface area contributed by atoms with E-state index >= 15 is 0 Å². The molecule has 9 nitrogen and oxygen atoms in total. The molecule has 0 bridgehead atoms. The normalized spacial score (nSPS) is 24.9. The van der Waals surface area contributed by atoms with Gasteiger partial charge in [-0.15, -0.1) is 0 Å². The number of H-pyrrole nitrogens is 1. The van der Waals surface area contributed by atoms with E-state index in [1.165, 1.54) is 0 Å². The van der Waals surface area contributed by atoms with Crippen LogP contribution in [0.15, 0.2) is 16.7 Å². The Labute approximate surface area is 182 Å². The van der Waals surface area contributed by atoms with Gasteiger partial charge in [0.15, 0.2) is 5.82 Å². The molecule has 0 saturated heterocycles. The number of anilines is 1. The average molecular weight is 429 g/mol. The Morgan fingerprint density at radius 1 is 1.29 bits per heavy atom. The van der Waals surface area contributed by atoms with Gasteiger partial charge < -0.3 is 20.1 Å². The Morgan fingerprint density at radius 2 is 2.10 bits per heavy atom. The predicted octanol–water partition coefficient (Wildman–Crippen LogP) is 3.21. The summed E-state index contributed by atoms with van der Waals surface area (Å²) in [5.74, 6) is 2.52. The monoisotopic (exact) mass is 428 g/mol. The van der Waals surface area contributed by atoms with Crippen molar-refractivity contribution >= 4 is 17.8 Å². The van der Waals surface area contributed by atoms with Crippen LogP contribution in [0.2, 0.25) is 0 Å². The Bertz CT molecular complexity index is 935. The maximum absolute atomic E-state index is 12.2. The number of urea groups is 1. The summed E-state index contributed by atoms with van der Waals surface area (Å²) < 4.78 is 5.09. The van der Waals surface area contributed by atoms with Gasteiger partial charge in [-0.05, 0) is 58.3 Å². The van der Waals surface area contributed by atoms with Crippen LogP contribution in [0.5, 0.6) is 0 Å². The van der Waals surface area contributed by atoms with Gasteiger partial charge in [-0.2, -0.15) is 5.10 Å². The molecule has 4 atom stereocenters. The van der Waals surface area contributed by atoms with Gasteiger partial charge in [-0.1, -0.05) is 5.16 Å². The van der Waals surface area contributed by atoms with E-state index in [2.05, 4.69) is 26.0 Å². The third-order valence-electron chi connectivity index (χ3n) is 6.43. The Kier molecular flexibility index (Phi) is 6.02. The average Bonchev–Trinajstić information content (AvgIpc) is 3.03. The molecule has 2 aliphatic carbocycles. The number of hydrogen-bond acceptors (Lipinski definition) is 5. The van der Waals surface area contributed by atoms with Crippen molar-refractivity contribution in [3.8, 4) is 0 Å². The van der Waals surface area contributed by atoms with Crippen LogP contribution in [0.1, 0.15) is 62.6 Å². The number of nitrogens with zero attached hydrogens (tertiary/aromatic N) is 3. The quantitative estimate of drug-likeness (QED) is 0.626. The van der Waals surface area contributed by atoms with Crippen molar-refractivity contribution in [2.45, 2.75) is 70.9 Å². The Balaban J connectivity index is 1.26. The number of carbonyl (C=O) groups is 2. The number of aromatic amines is 1. The zero-order valence-corrected chi connectivity index (χ0v) is 18.6. The van der Waals surface area contributed by atoms with Gasteiger partial charge >= 0.3 is 6.03 Å². The molecular formula is C22H32N6O3. The molecular weight excluding hydrogens is 396 g/mol. The highest BCUT2D eigenvalue weighted by Crippen LogP contribution is 2.51. The van der Waals surface area contributed by atoms with Gasteiger partial charge in [0.25, 0.3) is 0 Å². The van der Waals surface area contributed by atoms with E-state index in [9.17, 15) is 9.59 Å². The van der Waals surface area contributed by atoms with Gasteiger partial charge in [0.2, 0.25) is 5.91 Å². The van der Waals surface area contributed by atoms with Crippen molar-refractivity contribution in [3.63, 3.8) is 0 Å². The molecule has 2 aromatic heterocycles. The molecule has 0 spiro atoms. The first-order valence-electron chi connectivity index (χ1n) is 11.1. The topological polar surface area (TPSA) is 116 Å². The number of hydrogen-bond donors (Lipinski definition) is 3. The number of aromatic nitrogens is 3. The summed E-state index contributed by atoms with van der Waals surface area (Å²) >= 11 is 0. The fourth-order valence-corrected chi connectivity index (χ4v) is 4.79. The van der Waals surface area contributed by atoms with E-state index < -0.39 is 0 Å². The van der Waals surface area contributed by atoms with Crippen molar-refractivity contribution in [3.05, 3.63) is 29.3 Å². The molecule has 2 heterocycles. The fraction of sp³-hybridized carbons (Fsp3) is 0.636. The molecule has 168 valence electrons. The SMILES string of the molecule is Cc1cc(CC(=O)Nc2cc([C@@H]3CCC(C4CC4N(C)C(=O)NC(C)C)C3)[nH]n2)on1. The minimum Gasteiger partial charge on any atom is -0.361 e. The van der Waals surface area contributed by atoms with E-state index in [4.69, 9.17) is 4.52 Å². The summed E-state index contributed by atoms with van der Waals surface area (Å²) in [6, 6.07) is 4.20. The van der Waals surface area contributed by atoms with Crippen LogP contribution in [0.4, 0.5) is 10.6 Å². The number of nitrogens with one attached hydrogen (secondary N) is 3. The minimum absolute atomic E-state index is 0.0199. The molecule has 0 radical (unpaired) electrons. The zero-order valence-electron chi connectivity index (χ0n) is 18.6. The highest BCUT2D eigenvalue weighted by Gasteiger charge is 2.49. The molecule has 4 rings (SSSR count). The second kappa shape index (κ2) is 8.72. The van der Waals surface area contributed by atoms with E-state index in [1.807, 2.05) is 38.8 Å². The maximum Gasteiger partial charge on any atom is 0.317 e. The van der Waals surface area contributed by atoms with Crippen LogP contribution in [0, 0.1) is 18.8 Å². The molecule has 2 saturated carbocycles. The first kappa shape index (κ1) is 21.4. The van der Waals surface area contributed by atoms with E-state index in [1.54, 1.807) is 6.07 Å². The maximum atomic E-state index is 12.2. The second-order valence-corrected chi connectivity index (χ2v) is 9.32. The van der Waals surface area contributed by atoms with Gasteiger partial charge in [-0.25, -0.2) is 4.79 Å². The molecule has 0 aromatic carbocycles. The third-order valence-corrected chi connectivity index (χ3v) is 6.43. The lowest BCUT2D eigenvalue weighted by Gasteiger charge is -2.21. The number of aryl methyl sites for hydroxylation is 1. The highest BCUT2D eigenvalue weighted by molar-refractivity contribution is 5.91. The molecule has 2 aliphatic rings. The molecule has 0 aliphatic heterocycles. The largest absolute Gasteiger partial charge is 0.361 e. The van der Waals surface area contributed by atoms with Gasteiger partial charge in [0, 0.05) is 42.9 Å². The first-order chi connectivity index (χ1) is 14.8. The summed E-state index contributed by atoms with van der Waals surface area (Å²) in [4.78, 5) is 26.3. The summed E-state index contributed by atoms with van der Waals surface area (Å²) in [6.07, 6.45) is 4.58. The summed E-state index contributed by atoms with van der Waals surface area (Å²) in [7, 11) is 1.90. The zero-order chi connectivity index (χ0) is 22.1. The van der Waals surface area contributed by atoms with Crippen LogP contribution in [-0.4, -0.2) is 51.3 Å². The molecule has 9 heteroatoms. The predicted molar refractivity (Wildman–Crippen MR) is 116 cm³/mol.